The van der Waals surface area contributed by atoms with Gasteiger partial charge in [-0.05, 0) is 75.4 Å². The standard InChI is InChI=1S/C39H50N8O10S2/c1-38(2,53)32-23-41-45-47(32)28-22-31(36(51)43-39(33(48)34(40)49)17-19-58(54,55)20-18-39)46(24-28)37(52)30(21-25-9-5-3-6-10-25)42-35(50)26-13-15-29(16-14-26)59(56,57)44-27-11-7-4-8-12-27/h4,7-8,11-16,23,25,28,30-31,44,53H,3,5-6,9-10,17-22,24H2,1-2H3,(H2,40,49)(H,42,50)(H,43,51)/t28-,30+,31-/m0/s1. The number of nitrogens with one attached hydrogen (secondary N) is 3. The van der Waals surface area contributed by atoms with Crippen LogP contribution in [0.1, 0.15) is 93.7 Å². The Balaban J connectivity index is 1.30. The zero-order valence-corrected chi connectivity index (χ0v) is 34.5. The van der Waals surface area contributed by atoms with Crippen molar-refractivity contribution in [3.05, 3.63) is 72.1 Å². The van der Waals surface area contributed by atoms with Gasteiger partial charge in [0.1, 0.15) is 23.2 Å². The second-order valence-electron chi connectivity index (χ2n) is 16.2. The maximum Gasteiger partial charge on any atom is 0.287 e. The number of sulfonamides is 1. The molecule has 2 aliphatic heterocycles. The highest BCUT2D eigenvalue weighted by atomic mass is 32.2. The lowest BCUT2D eigenvalue weighted by Crippen LogP contribution is -2.64. The first-order valence-electron chi connectivity index (χ1n) is 19.6. The van der Waals surface area contributed by atoms with Gasteiger partial charge < -0.3 is 26.4 Å². The monoisotopic (exact) mass is 854 g/mol. The van der Waals surface area contributed by atoms with Gasteiger partial charge in [0.15, 0.2) is 9.84 Å². The van der Waals surface area contributed by atoms with Crippen molar-refractivity contribution in [2.45, 2.75) is 106 Å². The molecule has 6 rings (SSSR count). The van der Waals surface area contributed by atoms with E-state index in [2.05, 4.69) is 25.7 Å². The highest BCUT2D eigenvalue weighted by Crippen LogP contribution is 2.35. The van der Waals surface area contributed by atoms with Crippen LogP contribution in [0.2, 0.25) is 0 Å². The van der Waals surface area contributed by atoms with Gasteiger partial charge in [-0.3, -0.25) is 28.7 Å². The minimum atomic E-state index is -3.99. The number of aliphatic hydroxyl groups is 1. The molecule has 4 amide bonds. The van der Waals surface area contributed by atoms with Crippen LogP contribution in [0.4, 0.5) is 5.69 Å². The van der Waals surface area contributed by atoms with Gasteiger partial charge in [0, 0.05) is 24.2 Å². The van der Waals surface area contributed by atoms with Crippen molar-refractivity contribution in [3.63, 3.8) is 0 Å². The molecule has 0 spiro atoms. The summed E-state index contributed by atoms with van der Waals surface area (Å²) in [6.07, 6.45) is 5.21. The molecule has 318 valence electrons. The Kier molecular flexibility index (Phi) is 12.6. The number of nitrogens with zero attached hydrogens (tertiary/aromatic N) is 4. The van der Waals surface area contributed by atoms with Crippen LogP contribution in [0.25, 0.3) is 0 Å². The summed E-state index contributed by atoms with van der Waals surface area (Å²) >= 11 is 0. The van der Waals surface area contributed by atoms with E-state index in [4.69, 9.17) is 5.73 Å². The number of para-hydroxylation sites is 1. The number of hydrogen-bond donors (Lipinski definition) is 5. The predicted molar refractivity (Wildman–Crippen MR) is 214 cm³/mol. The molecule has 3 fully saturated rings. The summed E-state index contributed by atoms with van der Waals surface area (Å²) in [6.45, 7) is 2.92. The van der Waals surface area contributed by atoms with Gasteiger partial charge in [-0.15, -0.1) is 5.10 Å². The second kappa shape index (κ2) is 17.2. The van der Waals surface area contributed by atoms with E-state index >= 15 is 0 Å². The van der Waals surface area contributed by atoms with Crippen molar-refractivity contribution < 1.29 is 45.9 Å². The molecule has 59 heavy (non-hydrogen) atoms. The van der Waals surface area contributed by atoms with Crippen LogP contribution in [0.3, 0.4) is 0 Å². The van der Waals surface area contributed by atoms with Crippen LogP contribution < -0.4 is 21.1 Å². The fourth-order valence-corrected chi connectivity index (χ4v) is 10.8. The second-order valence-corrected chi connectivity index (χ2v) is 20.2. The lowest BCUT2D eigenvalue weighted by atomic mass is 9.84. The number of benzene rings is 2. The van der Waals surface area contributed by atoms with Crippen molar-refractivity contribution in [1.82, 2.24) is 30.5 Å². The van der Waals surface area contributed by atoms with Crippen LogP contribution >= 0.6 is 0 Å². The molecule has 2 saturated heterocycles. The highest BCUT2D eigenvalue weighted by Gasteiger charge is 2.51. The van der Waals surface area contributed by atoms with Gasteiger partial charge in [-0.25, -0.2) is 21.5 Å². The molecule has 1 saturated carbocycles. The molecule has 6 N–H and O–H groups in total. The number of anilines is 1. The van der Waals surface area contributed by atoms with E-state index in [0.717, 1.165) is 32.1 Å². The smallest absolute Gasteiger partial charge is 0.287 e. The number of likely N-dealkylation sites (tertiary alicyclic amines) is 1. The maximum absolute atomic E-state index is 14.9. The number of amides is 4. The van der Waals surface area contributed by atoms with Crippen LogP contribution in [-0.4, -0.2) is 107 Å². The van der Waals surface area contributed by atoms with Gasteiger partial charge in [-0.2, -0.15) is 0 Å². The quantitative estimate of drug-likeness (QED) is 0.144. The molecule has 1 aliphatic carbocycles. The Bertz CT molecular complexity index is 2270. The molecule has 2 aromatic carbocycles. The SMILES string of the molecule is CC(C)(O)c1cnnn1[C@H]1C[C@@H](C(=O)NC2(C(=O)C(N)=O)CCS(=O)(=O)CC2)N(C(=O)[C@@H](CC2CCCCC2)NC(=O)c2ccc(S(=O)(=O)Nc3ccccc3)cc2)C1. The number of carbonyl (C=O) groups excluding carboxylic acids is 5. The summed E-state index contributed by atoms with van der Waals surface area (Å²) in [5.74, 6) is -5.56. The normalized spacial score (nSPS) is 21.2. The number of rotatable bonds is 14. The summed E-state index contributed by atoms with van der Waals surface area (Å²) in [5.41, 5.74) is 2.76. The first kappa shape index (κ1) is 43.4. The van der Waals surface area contributed by atoms with Crippen molar-refractivity contribution >= 4 is 55.0 Å². The Labute approximate surface area is 342 Å². The van der Waals surface area contributed by atoms with Crippen molar-refractivity contribution in [2.75, 3.05) is 22.8 Å². The molecule has 3 aliphatic rings. The minimum Gasteiger partial charge on any atom is -0.384 e. The molecule has 18 nitrogen and oxygen atoms in total. The van der Waals surface area contributed by atoms with Crippen LogP contribution in [0.15, 0.2) is 65.7 Å². The highest BCUT2D eigenvalue weighted by molar-refractivity contribution is 7.92. The third-order valence-corrected chi connectivity index (χ3v) is 14.5. The van der Waals surface area contributed by atoms with Crippen molar-refractivity contribution in [3.8, 4) is 0 Å². The van der Waals surface area contributed by atoms with Gasteiger partial charge in [0.05, 0.1) is 34.3 Å². The van der Waals surface area contributed by atoms with E-state index in [1.807, 2.05) is 0 Å². The van der Waals surface area contributed by atoms with Crippen molar-refractivity contribution in [2.24, 2.45) is 11.7 Å². The fraction of sp³-hybridized carbons (Fsp3) is 0.513. The van der Waals surface area contributed by atoms with Crippen LogP contribution in [-0.2, 0) is 44.6 Å². The molecular weight excluding hydrogens is 805 g/mol. The average molecular weight is 855 g/mol. The molecule has 3 atom stereocenters. The third-order valence-electron chi connectivity index (χ3n) is 11.5. The van der Waals surface area contributed by atoms with Gasteiger partial charge in [0.2, 0.25) is 17.6 Å². The molecule has 3 heterocycles. The lowest BCUT2D eigenvalue weighted by Gasteiger charge is -2.37. The van der Waals surface area contributed by atoms with E-state index in [9.17, 15) is 45.9 Å². The van der Waals surface area contributed by atoms with Gasteiger partial charge >= 0.3 is 0 Å². The number of nitrogens with two attached hydrogens (primary N) is 1. The summed E-state index contributed by atoms with van der Waals surface area (Å²) < 4.78 is 54.7. The van der Waals surface area contributed by atoms with Crippen molar-refractivity contribution in [1.29, 1.82) is 0 Å². The topological polar surface area (TPSA) is 270 Å². The number of sulfone groups is 1. The minimum absolute atomic E-state index is 0.0537. The zero-order valence-electron chi connectivity index (χ0n) is 32.9. The van der Waals surface area contributed by atoms with E-state index in [1.54, 1.807) is 30.3 Å². The summed E-state index contributed by atoms with van der Waals surface area (Å²) in [5, 5.41) is 24.5. The van der Waals surface area contributed by atoms with E-state index in [-0.39, 0.29) is 35.8 Å². The Morgan fingerprint density at radius 2 is 1.63 bits per heavy atom. The van der Waals surface area contributed by atoms with E-state index < -0.39 is 103 Å². The Morgan fingerprint density at radius 1 is 0.983 bits per heavy atom. The van der Waals surface area contributed by atoms with Crippen LogP contribution in [0.5, 0.6) is 0 Å². The lowest BCUT2D eigenvalue weighted by molar-refractivity contribution is -0.145. The number of carbonyl (C=O) groups is 5. The van der Waals surface area contributed by atoms with Gasteiger partial charge in [0.25, 0.3) is 21.8 Å². The Morgan fingerprint density at radius 3 is 2.24 bits per heavy atom. The number of ketones is 1. The van der Waals surface area contributed by atoms with Gasteiger partial charge in [-0.1, -0.05) is 55.5 Å². The number of aromatic nitrogens is 3. The zero-order chi connectivity index (χ0) is 42.8. The molecule has 20 heteroatoms. The number of hydrogen-bond acceptors (Lipinski definition) is 12. The molecule has 0 bridgehead atoms. The predicted octanol–water partition coefficient (Wildman–Crippen LogP) is 1.34. The molecule has 1 aromatic heterocycles. The average Bonchev–Trinajstić information content (AvgIpc) is 3.88. The Hall–Kier alpha value is -5.21. The first-order valence-corrected chi connectivity index (χ1v) is 22.9. The molecular formula is C39H50N8O10S2. The van der Waals surface area contributed by atoms with Crippen LogP contribution in [0, 0.1) is 5.92 Å². The number of primary amides is 1. The summed E-state index contributed by atoms with van der Waals surface area (Å²) in [4.78, 5) is 69.8. The number of Topliss-reactive ketones (excluding diaryl/α,β-unsaturated/α-hetero) is 1. The maximum atomic E-state index is 14.9. The van der Waals surface area contributed by atoms with E-state index in [0.29, 0.717) is 11.4 Å². The summed E-state index contributed by atoms with van der Waals surface area (Å²) in [6, 6.07) is 10.3. The third kappa shape index (κ3) is 9.98. The largest absolute Gasteiger partial charge is 0.384 e. The molecule has 3 aromatic rings. The van der Waals surface area contributed by atoms with E-state index in [1.165, 1.54) is 53.9 Å². The summed E-state index contributed by atoms with van der Waals surface area (Å²) in [7, 11) is -7.56. The molecule has 0 unspecified atom stereocenters. The molecule has 0 radical (unpaired) electrons. The fourth-order valence-electron chi connectivity index (χ4n) is 8.21. The first-order chi connectivity index (χ1) is 27.8.